The quantitative estimate of drug-likeness (QED) is 0.211. The first kappa shape index (κ1) is 20.3. The average molecular weight is 439 g/mol. The predicted octanol–water partition coefficient (Wildman–Crippen LogP) is 6.28. The summed E-state index contributed by atoms with van der Waals surface area (Å²) in [7, 11) is 0. The van der Waals surface area contributed by atoms with E-state index in [1.807, 2.05) is 64.7 Å². The molecule has 0 aliphatic rings. The van der Waals surface area contributed by atoms with Gasteiger partial charge in [0.05, 0.1) is 28.7 Å². The van der Waals surface area contributed by atoms with Gasteiger partial charge in [-0.15, -0.1) is 0 Å². The van der Waals surface area contributed by atoms with Gasteiger partial charge in [0, 0.05) is 47.4 Å². The van der Waals surface area contributed by atoms with Crippen molar-refractivity contribution in [1.29, 1.82) is 0 Å². The number of hydrogen-bond donors (Lipinski definition) is 0. The molecule has 3 aromatic heterocycles. The summed E-state index contributed by atoms with van der Waals surface area (Å²) in [5.41, 5.74) is 6.00. The van der Waals surface area contributed by atoms with Crippen molar-refractivity contribution in [3.05, 3.63) is 89.6 Å². The third-order valence-corrected chi connectivity index (χ3v) is 6.14. The molecule has 0 saturated heterocycles. The Balaban J connectivity index is 1.41. The standard InChI is InChI=1S/C26H22N4OS/c31-24(8-4-5-13-30-14-12-27-18-30)20-9-10-22-23(16-20)29-26(21-11-15-32-17-21)25(28-22)19-6-2-1-3-7-19/h1-3,6-7,9-12,14-18H,4-5,8,13H2. The number of carbonyl (C=O) groups is 1. The summed E-state index contributed by atoms with van der Waals surface area (Å²) in [5, 5.41) is 4.12. The van der Waals surface area contributed by atoms with Gasteiger partial charge in [0.1, 0.15) is 0 Å². The lowest BCUT2D eigenvalue weighted by molar-refractivity contribution is 0.0979. The van der Waals surface area contributed by atoms with Crippen LogP contribution in [0.2, 0.25) is 0 Å². The van der Waals surface area contributed by atoms with E-state index in [0.717, 1.165) is 52.9 Å². The van der Waals surface area contributed by atoms with Crippen molar-refractivity contribution in [2.24, 2.45) is 0 Å². The molecule has 158 valence electrons. The molecule has 0 fully saturated rings. The Bertz CT molecular complexity index is 1330. The van der Waals surface area contributed by atoms with E-state index in [9.17, 15) is 4.79 Å². The van der Waals surface area contributed by atoms with Gasteiger partial charge in [-0.3, -0.25) is 4.79 Å². The Morgan fingerprint density at radius 2 is 1.75 bits per heavy atom. The second-order valence-corrected chi connectivity index (χ2v) is 8.46. The number of rotatable bonds is 8. The highest BCUT2D eigenvalue weighted by atomic mass is 32.1. The molecule has 0 bridgehead atoms. The van der Waals surface area contributed by atoms with E-state index in [1.54, 1.807) is 23.9 Å². The molecule has 3 heterocycles. The molecule has 0 amide bonds. The molecule has 2 aromatic carbocycles. The van der Waals surface area contributed by atoms with Gasteiger partial charge in [0.2, 0.25) is 0 Å². The normalized spacial score (nSPS) is 11.1. The average Bonchev–Trinajstić information content (AvgIpc) is 3.56. The van der Waals surface area contributed by atoms with Gasteiger partial charge in [-0.1, -0.05) is 30.3 Å². The molecule has 6 heteroatoms. The maximum atomic E-state index is 12.8. The van der Waals surface area contributed by atoms with Gasteiger partial charge < -0.3 is 4.57 Å². The van der Waals surface area contributed by atoms with Crippen LogP contribution in [0.25, 0.3) is 33.5 Å². The molecular weight excluding hydrogens is 416 g/mol. The molecule has 0 N–H and O–H groups in total. The number of thiophene rings is 1. The topological polar surface area (TPSA) is 60.7 Å². The maximum absolute atomic E-state index is 12.8. The monoisotopic (exact) mass is 438 g/mol. The zero-order valence-electron chi connectivity index (χ0n) is 17.5. The highest BCUT2D eigenvalue weighted by Crippen LogP contribution is 2.32. The van der Waals surface area contributed by atoms with Gasteiger partial charge >= 0.3 is 0 Å². The molecule has 32 heavy (non-hydrogen) atoms. The number of hydrogen-bond acceptors (Lipinski definition) is 5. The fourth-order valence-electron chi connectivity index (χ4n) is 3.77. The number of Topliss-reactive ketones (excluding diaryl/α,β-unsaturated/α-hetero) is 1. The number of carbonyl (C=O) groups excluding carboxylic acids is 1. The van der Waals surface area contributed by atoms with Crippen molar-refractivity contribution in [3.8, 4) is 22.5 Å². The Kier molecular flexibility index (Phi) is 5.85. The summed E-state index contributed by atoms with van der Waals surface area (Å²) in [6, 6.07) is 17.8. The molecule has 0 atom stereocenters. The lowest BCUT2D eigenvalue weighted by Gasteiger charge is -2.10. The summed E-state index contributed by atoms with van der Waals surface area (Å²) in [6.07, 6.45) is 7.82. The number of aryl methyl sites for hydroxylation is 1. The third kappa shape index (κ3) is 4.36. The van der Waals surface area contributed by atoms with E-state index in [4.69, 9.17) is 9.97 Å². The number of unbranched alkanes of at least 4 members (excludes halogenated alkanes) is 1. The highest BCUT2D eigenvalue weighted by molar-refractivity contribution is 7.08. The highest BCUT2D eigenvalue weighted by Gasteiger charge is 2.15. The van der Waals surface area contributed by atoms with Crippen LogP contribution in [0.5, 0.6) is 0 Å². The second-order valence-electron chi connectivity index (χ2n) is 7.68. The van der Waals surface area contributed by atoms with Crippen LogP contribution in [-0.2, 0) is 6.54 Å². The predicted molar refractivity (Wildman–Crippen MR) is 129 cm³/mol. The maximum Gasteiger partial charge on any atom is 0.162 e. The minimum Gasteiger partial charge on any atom is -0.337 e. The molecule has 0 radical (unpaired) electrons. The van der Waals surface area contributed by atoms with E-state index in [0.29, 0.717) is 12.0 Å². The molecular formula is C26H22N4OS. The molecule has 0 spiro atoms. The van der Waals surface area contributed by atoms with Gasteiger partial charge in [0.25, 0.3) is 0 Å². The van der Waals surface area contributed by atoms with E-state index in [-0.39, 0.29) is 5.78 Å². The zero-order valence-corrected chi connectivity index (χ0v) is 18.3. The van der Waals surface area contributed by atoms with Crippen LogP contribution in [0.1, 0.15) is 29.6 Å². The summed E-state index contributed by atoms with van der Waals surface area (Å²) >= 11 is 1.63. The van der Waals surface area contributed by atoms with Gasteiger partial charge in [0.15, 0.2) is 5.78 Å². The van der Waals surface area contributed by atoms with Crippen molar-refractivity contribution < 1.29 is 4.79 Å². The fraction of sp³-hybridized carbons (Fsp3) is 0.154. The first-order chi connectivity index (χ1) is 15.8. The van der Waals surface area contributed by atoms with Crippen molar-refractivity contribution in [2.45, 2.75) is 25.8 Å². The number of nitrogens with zero attached hydrogens (tertiary/aromatic N) is 4. The van der Waals surface area contributed by atoms with Gasteiger partial charge in [-0.2, -0.15) is 11.3 Å². The zero-order chi connectivity index (χ0) is 21.8. The van der Waals surface area contributed by atoms with Crippen molar-refractivity contribution in [1.82, 2.24) is 19.5 Å². The molecule has 0 aliphatic heterocycles. The molecule has 5 nitrogen and oxygen atoms in total. The first-order valence-electron chi connectivity index (χ1n) is 10.7. The smallest absolute Gasteiger partial charge is 0.162 e. The minimum atomic E-state index is 0.142. The number of fused-ring (bicyclic) bond motifs is 1. The van der Waals surface area contributed by atoms with Crippen molar-refractivity contribution in [2.75, 3.05) is 0 Å². The number of benzene rings is 2. The van der Waals surface area contributed by atoms with Crippen LogP contribution < -0.4 is 0 Å². The van der Waals surface area contributed by atoms with Crippen molar-refractivity contribution in [3.63, 3.8) is 0 Å². The lowest BCUT2D eigenvalue weighted by atomic mass is 10.0. The molecule has 0 aliphatic carbocycles. The van der Waals surface area contributed by atoms with E-state index in [1.165, 1.54) is 0 Å². The van der Waals surface area contributed by atoms with Crippen LogP contribution in [-0.4, -0.2) is 25.3 Å². The number of ketones is 1. The largest absolute Gasteiger partial charge is 0.337 e. The van der Waals surface area contributed by atoms with Crippen LogP contribution in [0.3, 0.4) is 0 Å². The second kappa shape index (κ2) is 9.24. The number of aromatic nitrogens is 4. The van der Waals surface area contributed by atoms with Gasteiger partial charge in [-0.05, 0) is 42.5 Å². The molecule has 0 saturated carbocycles. The molecule has 5 aromatic rings. The SMILES string of the molecule is O=C(CCCCn1ccnc1)c1ccc2nc(-c3ccccc3)c(-c3ccsc3)nc2c1. The molecule has 5 rings (SSSR count). The summed E-state index contributed by atoms with van der Waals surface area (Å²) in [5.74, 6) is 0.142. The summed E-state index contributed by atoms with van der Waals surface area (Å²) in [4.78, 5) is 26.7. The Morgan fingerprint density at radius 3 is 2.53 bits per heavy atom. The first-order valence-corrected chi connectivity index (χ1v) is 11.6. The Labute approximate surface area is 190 Å². The Morgan fingerprint density at radius 1 is 0.906 bits per heavy atom. The number of imidazole rings is 1. The van der Waals surface area contributed by atoms with E-state index < -0.39 is 0 Å². The van der Waals surface area contributed by atoms with Crippen LogP contribution in [0.15, 0.2) is 84.1 Å². The van der Waals surface area contributed by atoms with Crippen molar-refractivity contribution >= 4 is 28.2 Å². The summed E-state index contributed by atoms with van der Waals surface area (Å²) in [6.45, 7) is 0.878. The third-order valence-electron chi connectivity index (χ3n) is 5.46. The molecule has 0 unspecified atom stereocenters. The van der Waals surface area contributed by atoms with Crippen LogP contribution in [0, 0.1) is 0 Å². The lowest BCUT2D eigenvalue weighted by Crippen LogP contribution is -2.02. The summed E-state index contributed by atoms with van der Waals surface area (Å²) < 4.78 is 2.03. The van der Waals surface area contributed by atoms with Gasteiger partial charge in [-0.25, -0.2) is 15.0 Å². The Hall–Kier alpha value is -3.64. The van der Waals surface area contributed by atoms with E-state index >= 15 is 0 Å². The van der Waals surface area contributed by atoms with E-state index in [2.05, 4.69) is 16.4 Å². The minimum absolute atomic E-state index is 0.142. The van der Waals surface area contributed by atoms with Crippen LogP contribution in [0.4, 0.5) is 0 Å². The van der Waals surface area contributed by atoms with Crippen LogP contribution >= 0.6 is 11.3 Å². The fourth-order valence-corrected chi connectivity index (χ4v) is 4.41.